The summed E-state index contributed by atoms with van der Waals surface area (Å²) in [4.78, 5) is 0. The number of hydrogen-bond donors (Lipinski definition) is 0. The van der Waals surface area contributed by atoms with Crippen molar-refractivity contribution < 1.29 is 0 Å². The normalized spacial score (nSPS) is 13.7. The van der Waals surface area contributed by atoms with E-state index in [-0.39, 0.29) is 0 Å². The molecule has 0 amide bonds. The van der Waals surface area contributed by atoms with Crippen LogP contribution in [0.4, 0.5) is 0 Å². The zero-order valence-corrected chi connectivity index (χ0v) is 37.8. The Balaban J connectivity index is 1.12. The minimum atomic E-state index is -3.21. The van der Waals surface area contributed by atoms with Crippen molar-refractivity contribution in [1.82, 2.24) is 9.13 Å². The van der Waals surface area contributed by atoms with Gasteiger partial charge in [0, 0.05) is 32.9 Å². The van der Waals surface area contributed by atoms with E-state index in [1.807, 2.05) is 0 Å². The molecule has 10 aromatic carbocycles. The summed E-state index contributed by atoms with van der Waals surface area (Å²) >= 11 is 0. The Bertz CT molecular complexity index is 3500. The number of aromatic nitrogens is 2. The van der Waals surface area contributed by atoms with Crippen LogP contribution in [0.5, 0.6) is 0 Å². The monoisotopic (exact) mass is 868 g/mol. The van der Waals surface area contributed by atoms with Gasteiger partial charge in [-0.1, -0.05) is 218 Å². The molecule has 0 fully saturated rings. The number of allylic oxidation sites excluding steroid dienone is 2. The quantitative estimate of drug-likeness (QED) is 0.135. The smallest absolute Gasteiger partial charge is 0.182 e. The Kier molecular flexibility index (Phi) is 9.22. The van der Waals surface area contributed by atoms with Gasteiger partial charge in [-0.05, 0) is 103 Å². The third kappa shape index (κ3) is 6.02. The molecule has 0 aliphatic carbocycles. The molecule has 1 aliphatic heterocycles. The van der Waals surface area contributed by atoms with Crippen LogP contribution >= 0.6 is 0 Å². The molecule has 0 N–H and O–H groups in total. The molecular formula is C64H44N2Si. The Morgan fingerprint density at radius 3 is 0.806 bits per heavy atom. The number of fused-ring (bicyclic) bond motifs is 6. The fraction of sp³-hybridized carbons (Fsp3) is 0. The SMILES string of the molecule is c1ccc(C2=C(c3ccc(-n4c5ccccc5c5ccccc54)cc3)[Si](c3ccccc3)(c3ccccc3)C(c3ccc(-n4c5ccccc5c5ccccc54)cc3)=C2c2ccccc2)cc1. The molecular weight excluding hydrogens is 825 g/mol. The summed E-state index contributed by atoms with van der Waals surface area (Å²) < 4.78 is 4.85. The van der Waals surface area contributed by atoms with E-state index in [4.69, 9.17) is 0 Å². The van der Waals surface area contributed by atoms with Crippen LogP contribution in [0.15, 0.2) is 267 Å². The Morgan fingerprint density at radius 2 is 0.493 bits per heavy atom. The number of hydrogen-bond acceptors (Lipinski definition) is 0. The van der Waals surface area contributed by atoms with E-state index in [0.29, 0.717) is 0 Å². The molecule has 2 nitrogen and oxygen atoms in total. The van der Waals surface area contributed by atoms with Crippen LogP contribution in [0.25, 0.3) is 76.5 Å². The van der Waals surface area contributed by atoms with Crippen molar-refractivity contribution in [2.24, 2.45) is 0 Å². The summed E-state index contributed by atoms with van der Waals surface area (Å²) in [5, 5.41) is 10.5. The average Bonchev–Trinajstić information content (AvgIpc) is 4.05. The van der Waals surface area contributed by atoms with Crippen molar-refractivity contribution in [3.05, 3.63) is 289 Å². The lowest BCUT2D eigenvalue weighted by Crippen LogP contribution is -2.59. The molecule has 12 aromatic rings. The highest BCUT2D eigenvalue weighted by Crippen LogP contribution is 2.55. The lowest BCUT2D eigenvalue weighted by Gasteiger charge is -2.36. The molecule has 314 valence electrons. The molecule has 0 unspecified atom stereocenters. The van der Waals surface area contributed by atoms with Gasteiger partial charge in [-0.3, -0.25) is 0 Å². The first-order valence-corrected chi connectivity index (χ1v) is 25.2. The molecule has 13 rings (SSSR count). The van der Waals surface area contributed by atoms with E-state index >= 15 is 0 Å². The maximum absolute atomic E-state index is 3.21. The van der Waals surface area contributed by atoms with E-state index < -0.39 is 8.07 Å². The van der Waals surface area contributed by atoms with Crippen molar-refractivity contribution in [1.29, 1.82) is 0 Å². The van der Waals surface area contributed by atoms with Gasteiger partial charge in [0.1, 0.15) is 0 Å². The van der Waals surface area contributed by atoms with Gasteiger partial charge < -0.3 is 9.13 Å². The van der Waals surface area contributed by atoms with Crippen LogP contribution in [0.1, 0.15) is 22.3 Å². The first kappa shape index (κ1) is 38.9. The zero-order valence-electron chi connectivity index (χ0n) is 36.8. The number of para-hydroxylation sites is 4. The largest absolute Gasteiger partial charge is 0.309 e. The average molecular weight is 869 g/mol. The van der Waals surface area contributed by atoms with E-state index in [2.05, 4.69) is 276 Å². The first-order chi connectivity index (χ1) is 33.3. The Hall–Kier alpha value is -8.50. The van der Waals surface area contributed by atoms with Gasteiger partial charge in [0.05, 0.1) is 22.1 Å². The number of nitrogens with zero attached hydrogens (tertiary/aromatic N) is 2. The van der Waals surface area contributed by atoms with Crippen molar-refractivity contribution >= 4 is 83.6 Å². The molecule has 3 heteroatoms. The third-order valence-corrected chi connectivity index (χ3v) is 19.0. The third-order valence-electron chi connectivity index (χ3n) is 14.0. The highest BCUT2D eigenvalue weighted by molar-refractivity contribution is 7.29. The van der Waals surface area contributed by atoms with E-state index in [1.54, 1.807) is 0 Å². The minimum absolute atomic E-state index is 1.14. The molecule has 3 heterocycles. The van der Waals surface area contributed by atoms with E-state index in [0.717, 1.165) is 11.4 Å². The second kappa shape index (κ2) is 15.9. The number of rotatable bonds is 8. The summed E-state index contributed by atoms with van der Waals surface area (Å²) in [6.45, 7) is 0. The van der Waals surface area contributed by atoms with Crippen molar-refractivity contribution in [2.45, 2.75) is 0 Å². The van der Waals surface area contributed by atoms with Gasteiger partial charge in [-0.2, -0.15) is 0 Å². The Morgan fingerprint density at radius 1 is 0.224 bits per heavy atom. The predicted octanol–water partition coefficient (Wildman–Crippen LogP) is 14.8. The lowest BCUT2D eigenvalue weighted by molar-refractivity contribution is 1.18. The molecule has 0 bridgehead atoms. The van der Waals surface area contributed by atoms with Gasteiger partial charge >= 0.3 is 0 Å². The highest BCUT2D eigenvalue weighted by atomic mass is 28.3. The molecule has 1 aliphatic rings. The maximum atomic E-state index is 2.42. The summed E-state index contributed by atoms with van der Waals surface area (Å²) in [7, 11) is -3.21. The first-order valence-electron chi connectivity index (χ1n) is 23.2. The van der Waals surface area contributed by atoms with Gasteiger partial charge in [0.25, 0.3) is 0 Å². The standard InChI is InChI=1S/C64H44N2Si/c1-5-21-45(22-6-1)61-62(46-23-7-2-8-24-46)64(48-39-43-50(44-40-48)66-59-35-19-15-31-55(59)56-32-16-20-36-60(56)66)67(51-25-9-3-10-26-51,52-27-11-4-12-28-52)63(61)47-37-41-49(42-38-47)65-57-33-17-13-29-53(57)54-30-14-18-34-58(54)65/h1-44H. The molecule has 0 atom stereocenters. The summed E-state index contributed by atoms with van der Waals surface area (Å²) in [6.07, 6.45) is 0. The van der Waals surface area contributed by atoms with Crippen LogP contribution in [0.3, 0.4) is 0 Å². The summed E-state index contributed by atoms with van der Waals surface area (Å²) in [5.74, 6) is 0. The van der Waals surface area contributed by atoms with E-state index in [1.165, 1.54) is 97.8 Å². The molecule has 0 saturated carbocycles. The van der Waals surface area contributed by atoms with E-state index in [9.17, 15) is 0 Å². The zero-order chi connectivity index (χ0) is 44.3. The fourth-order valence-corrected chi connectivity index (χ4v) is 16.9. The lowest BCUT2D eigenvalue weighted by atomic mass is 9.89. The van der Waals surface area contributed by atoms with Crippen LogP contribution in [0.2, 0.25) is 0 Å². The van der Waals surface area contributed by atoms with Crippen molar-refractivity contribution in [2.75, 3.05) is 0 Å². The molecule has 0 radical (unpaired) electrons. The topological polar surface area (TPSA) is 9.86 Å². The second-order valence-electron chi connectivity index (χ2n) is 17.5. The fourth-order valence-electron chi connectivity index (χ4n) is 11.3. The minimum Gasteiger partial charge on any atom is -0.309 e. The van der Waals surface area contributed by atoms with Crippen LogP contribution < -0.4 is 10.4 Å². The summed E-state index contributed by atoms with van der Waals surface area (Å²) in [6, 6.07) is 99.3. The maximum Gasteiger partial charge on any atom is 0.182 e. The van der Waals surface area contributed by atoms with Crippen LogP contribution in [0, 0.1) is 0 Å². The molecule has 2 aromatic heterocycles. The second-order valence-corrected chi connectivity index (χ2v) is 21.2. The van der Waals surface area contributed by atoms with Crippen molar-refractivity contribution in [3.8, 4) is 11.4 Å². The highest BCUT2D eigenvalue weighted by Gasteiger charge is 2.53. The molecule has 0 spiro atoms. The summed E-state index contributed by atoms with van der Waals surface area (Å²) in [5.41, 5.74) is 14.6. The van der Waals surface area contributed by atoms with Crippen molar-refractivity contribution in [3.63, 3.8) is 0 Å². The number of benzene rings is 10. The Labute approximate surface area is 391 Å². The molecule has 0 saturated heterocycles. The van der Waals surface area contributed by atoms with Gasteiger partial charge in [0.2, 0.25) is 0 Å². The predicted molar refractivity (Wildman–Crippen MR) is 286 cm³/mol. The van der Waals surface area contributed by atoms with Gasteiger partial charge in [0.15, 0.2) is 8.07 Å². The van der Waals surface area contributed by atoms with Gasteiger partial charge in [-0.25, -0.2) is 0 Å². The van der Waals surface area contributed by atoms with Crippen LogP contribution in [-0.4, -0.2) is 17.2 Å². The molecule has 67 heavy (non-hydrogen) atoms. The van der Waals surface area contributed by atoms with Gasteiger partial charge in [-0.15, -0.1) is 0 Å². The van der Waals surface area contributed by atoms with Crippen LogP contribution in [-0.2, 0) is 0 Å².